The normalized spacial score (nSPS) is 17.3. The third-order valence-electron chi connectivity index (χ3n) is 2.21. The Morgan fingerprint density at radius 2 is 2.13 bits per heavy atom. The van der Waals surface area contributed by atoms with Crippen LogP contribution in [0.2, 0.25) is 5.02 Å². The minimum absolute atomic E-state index is 0.332. The Balaban J connectivity index is 2.58. The molecule has 80 valence electrons. The Morgan fingerprint density at radius 1 is 1.40 bits per heavy atom. The van der Waals surface area contributed by atoms with E-state index in [1.54, 1.807) is 18.2 Å². The molecule has 0 aliphatic carbocycles. The molecule has 2 nitrogen and oxygen atoms in total. The maximum atomic E-state index is 12.0. The maximum absolute atomic E-state index is 12.0. The zero-order valence-corrected chi connectivity index (χ0v) is 10.4. The second kappa shape index (κ2) is 3.85. The van der Waals surface area contributed by atoms with E-state index in [4.69, 9.17) is 11.6 Å². The molecule has 0 atom stereocenters. The fourth-order valence-electron chi connectivity index (χ4n) is 1.51. The van der Waals surface area contributed by atoms with Gasteiger partial charge in [-0.25, -0.2) is 8.42 Å². The summed E-state index contributed by atoms with van der Waals surface area (Å²) in [6.45, 7) is 0. The SMILES string of the molecule is CSCC1=Cc2ccc(Cl)cc2S1(=O)=O. The van der Waals surface area contributed by atoms with Crippen molar-refractivity contribution in [1.82, 2.24) is 0 Å². The lowest BCUT2D eigenvalue weighted by Crippen LogP contribution is -2.02. The smallest absolute Gasteiger partial charge is 0.204 e. The standard InChI is InChI=1S/C10H9ClO2S2/c1-14-6-9-4-7-2-3-8(11)5-10(7)15(9,12)13/h2-5H,6H2,1H3. The molecule has 1 aromatic rings. The van der Waals surface area contributed by atoms with Gasteiger partial charge in [-0.15, -0.1) is 0 Å². The molecule has 0 radical (unpaired) electrons. The van der Waals surface area contributed by atoms with Crippen LogP contribution >= 0.6 is 23.4 Å². The summed E-state index contributed by atoms with van der Waals surface area (Å²) in [5.74, 6) is 0.509. The number of thioether (sulfide) groups is 1. The first-order valence-electron chi connectivity index (χ1n) is 4.30. The predicted molar refractivity (Wildman–Crippen MR) is 65.0 cm³/mol. The van der Waals surface area contributed by atoms with E-state index in [9.17, 15) is 8.42 Å². The Kier molecular flexibility index (Phi) is 2.83. The highest BCUT2D eigenvalue weighted by atomic mass is 35.5. The van der Waals surface area contributed by atoms with Crippen LogP contribution in [0.1, 0.15) is 5.56 Å². The van der Waals surface area contributed by atoms with Crippen molar-refractivity contribution >= 4 is 39.3 Å². The van der Waals surface area contributed by atoms with Crippen LogP contribution in [0.5, 0.6) is 0 Å². The first-order valence-corrected chi connectivity index (χ1v) is 7.55. The number of hydrogen-bond donors (Lipinski definition) is 0. The number of rotatable bonds is 2. The molecule has 5 heteroatoms. The molecule has 0 fully saturated rings. The van der Waals surface area contributed by atoms with Gasteiger partial charge < -0.3 is 0 Å². The van der Waals surface area contributed by atoms with Gasteiger partial charge >= 0.3 is 0 Å². The van der Waals surface area contributed by atoms with Crippen molar-refractivity contribution in [3.63, 3.8) is 0 Å². The summed E-state index contributed by atoms with van der Waals surface area (Å²) >= 11 is 7.28. The van der Waals surface area contributed by atoms with Gasteiger partial charge in [-0.05, 0) is 30.0 Å². The molecule has 0 spiro atoms. The molecule has 0 bridgehead atoms. The van der Waals surface area contributed by atoms with Gasteiger partial charge in [0.1, 0.15) is 0 Å². The zero-order chi connectivity index (χ0) is 11.1. The Labute approximate surface area is 98.2 Å². The number of hydrogen-bond acceptors (Lipinski definition) is 3. The highest BCUT2D eigenvalue weighted by Crippen LogP contribution is 2.35. The van der Waals surface area contributed by atoms with Crippen LogP contribution in [0.4, 0.5) is 0 Å². The summed E-state index contributed by atoms with van der Waals surface area (Å²) in [6, 6.07) is 4.95. The van der Waals surface area contributed by atoms with E-state index < -0.39 is 9.84 Å². The van der Waals surface area contributed by atoms with Crippen LogP contribution in [0.3, 0.4) is 0 Å². The molecule has 2 rings (SSSR count). The first-order chi connectivity index (χ1) is 7.05. The van der Waals surface area contributed by atoms with Crippen LogP contribution in [-0.4, -0.2) is 20.4 Å². The molecule has 0 saturated heterocycles. The molecule has 1 aliphatic heterocycles. The predicted octanol–water partition coefficient (Wildman–Crippen LogP) is 2.83. The van der Waals surface area contributed by atoms with Crippen LogP contribution in [-0.2, 0) is 9.84 Å². The fraction of sp³-hybridized carbons (Fsp3) is 0.200. The molecular weight excluding hydrogens is 252 g/mol. The highest BCUT2D eigenvalue weighted by molar-refractivity contribution is 8.01. The van der Waals surface area contributed by atoms with Crippen molar-refractivity contribution in [2.24, 2.45) is 0 Å². The van der Waals surface area contributed by atoms with Crippen LogP contribution < -0.4 is 0 Å². The Morgan fingerprint density at radius 3 is 2.80 bits per heavy atom. The fourth-order valence-corrected chi connectivity index (χ4v) is 4.38. The highest BCUT2D eigenvalue weighted by Gasteiger charge is 2.28. The topological polar surface area (TPSA) is 34.1 Å². The Hall–Kier alpha value is -0.450. The molecule has 0 amide bonds. The van der Waals surface area contributed by atoms with Gasteiger partial charge in [-0.2, -0.15) is 11.8 Å². The van der Waals surface area contributed by atoms with E-state index in [0.717, 1.165) is 5.56 Å². The minimum Gasteiger partial charge on any atom is -0.219 e. The van der Waals surface area contributed by atoms with Crippen LogP contribution in [0.15, 0.2) is 28.0 Å². The maximum Gasteiger partial charge on any atom is 0.204 e. The molecule has 1 aromatic carbocycles. The molecule has 1 heterocycles. The molecule has 0 N–H and O–H groups in total. The number of benzene rings is 1. The third kappa shape index (κ3) is 1.82. The van der Waals surface area contributed by atoms with E-state index >= 15 is 0 Å². The number of halogens is 1. The lowest BCUT2D eigenvalue weighted by molar-refractivity contribution is 0.603. The van der Waals surface area contributed by atoms with Crippen LogP contribution in [0, 0.1) is 0 Å². The molecule has 0 saturated carbocycles. The van der Waals surface area contributed by atoms with Crippen molar-refractivity contribution < 1.29 is 8.42 Å². The molecule has 0 unspecified atom stereocenters. The van der Waals surface area contributed by atoms with Gasteiger partial charge in [0, 0.05) is 10.8 Å². The summed E-state index contributed by atoms with van der Waals surface area (Å²) in [4.78, 5) is 0.798. The van der Waals surface area contributed by atoms with E-state index in [0.29, 0.717) is 20.6 Å². The number of fused-ring (bicyclic) bond motifs is 1. The van der Waals surface area contributed by atoms with E-state index in [1.807, 2.05) is 6.26 Å². The summed E-state index contributed by atoms with van der Waals surface area (Å²) < 4.78 is 24.0. The van der Waals surface area contributed by atoms with Gasteiger partial charge in [0.2, 0.25) is 9.84 Å². The van der Waals surface area contributed by atoms with Gasteiger partial charge in [0.15, 0.2) is 0 Å². The zero-order valence-electron chi connectivity index (χ0n) is 8.03. The molecule has 0 aromatic heterocycles. The third-order valence-corrected chi connectivity index (χ3v) is 5.12. The second-order valence-electron chi connectivity index (χ2n) is 3.23. The average molecular weight is 261 g/mol. The van der Waals surface area contributed by atoms with Crippen LogP contribution in [0.25, 0.3) is 6.08 Å². The van der Waals surface area contributed by atoms with Gasteiger partial charge in [-0.1, -0.05) is 17.7 Å². The van der Waals surface area contributed by atoms with Crippen molar-refractivity contribution in [2.45, 2.75) is 4.90 Å². The van der Waals surface area contributed by atoms with Crippen molar-refractivity contribution in [2.75, 3.05) is 12.0 Å². The summed E-state index contributed by atoms with van der Waals surface area (Å²) in [5.41, 5.74) is 0.739. The van der Waals surface area contributed by atoms with Gasteiger partial charge in [-0.3, -0.25) is 0 Å². The monoisotopic (exact) mass is 260 g/mol. The summed E-state index contributed by atoms with van der Waals surface area (Å²) in [7, 11) is -3.28. The molecule has 15 heavy (non-hydrogen) atoms. The minimum atomic E-state index is -3.28. The quantitative estimate of drug-likeness (QED) is 0.820. The van der Waals surface area contributed by atoms with Crippen molar-refractivity contribution in [3.8, 4) is 0 Å². The van der Waals surface area contributed by atoms with E-state index in [2.05, 4.69) is 0 Å². The first kappa shape index (κ1) is 11.0. The van der Waals surface area contributed by atoms with Crippen molar-refractivity contribution in [1.29, 1.82) is 0 Å². The van der Waals surface area contributed by atoms with Gasteiger partial charge in [0.05, 0.1) is 9.80 Å². The average Bonchev–Trinajstić information content (AvgIpc) is 2.41. The molecule has 1 aliphatic rings. The molecular formula is C10H9ClO2S2. The summed E-state index contributed by atoms with van der Waals surface area (Å²) in [5, 5.41) is 0.455. The van der Waals surface area contributed by atoms with E-state index in [1.165, 1.54) is 17.8 Å². The second-order valence-corrected chi connectivity index (χ2v) is 6.50. The number of sulfone groups is 1. The Bertz CT molecular complexity index is 532. The summed E-state index contributed by atoms with van der Waals surface area (Å²) in [6.07, 6.45) is 3.60. The lowest BCUT2D eigenvalue weighted by Gasteiger charge is -2.01. The lowest BCUT2D eigenvalue weighted by atomic mass is 10.2. The van der Waals surface area contributed by atoms with Gasteiger partial charge in [0.25, 0.3) is 0 Å². The van der Waals surface area contributed by atoms with E-state index in [-0.39, 0.29) is 0 Å². The van der Waals surface area contributed by atoms with Crippen molar-refractivity contribution in [3.05, 3.63) is 33.7 Å². The largest absolute Gasteiger partial charge is 0.219 e.